The summed E-state index contributed by atoms with van der Waals surface area (Å²) in [5.41, 5.74) is 0.905. The predicted molar refractivity (Wildman–Crippen MR) is 108 cm³/mol. The van der Waals surface area contributed by atoms with E-state index in [-0.39, 0.29) is 12.3 Å². The van der Waals surface area contributed by atoms with Crippen LogP contribution in [-0.4, -0.2) is 21.6 Å². The molecule has 0 unspecified atom stereocenters. The molecule has 0 saturated heterocycles. The number of ether oxygens (including phenoxy) is 2. The minimum atomic E-state index is -0.602. The van der Waals surface area contributed by atoms with Crippen molar-refractivity contribution in [2.24, 2.45) is 0 Å². The molecule has 149 valence electrons. The third-order valence-corrected chi connectivity index (χ3v) is 3.78. The summed E-state index contributed by atoms with van der Waals surface area (Å²) >= 11 is 0. The predicted octanol–water partition coefficient (Wildman–Crippen LogP) is 4.87. The van der Waals surface area contributed by atoms with Gasteiger partial charge in [-0.05, 0) is 50.6 Å². The van der Waals surface area contributed by atoms with Crippen LogP contribution in [0.2, 0.25) is 0 Å². The molecular formula is C21H20N3O5. The Morgan fingerprint density at radius 1 is 1.21 bits per heavy atom. The molecule has 0 atom stereocenters. The third kappa shape index (κ3) is 5.19. The number of aromatic nitrogens is 1. The van der Waals surface area contributed by atoms with Gasteiger partial charge in [0, 0.05) is 18.3 Å². The van der Waals surface area contributed by atoms with Gasteiger partial charge in [0.25, 0.3) is 5.69 Å². The van der Waals surface area contributed by atoms with Gasteiger partial charge in [-0.1, -0.05) is 12.1 Å². The Morgan fingerprint density at radius 2 is 2.00 bits per heavy atom. The maximum Gasteiger partial charge on any atom is 0.412 e. The lowest BCUT2D eigenvalue weighted by molar-refractivity contribution is -0.383. The molecule has 0 aliphatic heterocycles. The number of benzene rings is 2. The molecule has 3 aromatic rings. The zero-order valence-electron chi connectivity index (χ0n) is 16.3. The SMILES string of the molecule is CC(C)(C)OC(=O)Nc1[c]c(COc2ccc([N+](=O)[O-])c3cccnc23)ccc1. The van der Waals surface area contributed by atoms with Crippen molar-refractivity contribution < 1.29 is 19.2 Å². The van der Waals surface area contributed by atoms with Crippen LogP contribution in [0.15, 0.2) is 48.7 Å². The lowest BCUT2D eigenvalue weighted by Gasteiger charge is -2.19. The number of nitro benzene ring substituents is 1. The molecule has 1 radical (unpaired) electrons. The fourth-order valence-corrected chi connectivity index (χ4v) is 2.65. The zero-order valence-corrected chi connectivity index (χ0v) is 16.3. The smallest absolute Gasteiger partial charge is 0.412 e. The maximum atomic E-state index is 11.9. The van der Waals surface area contributed by atoms with Gasteiger partial charge in [-0.25, -0.2) is 4.79 Å². The zero-order chi connectivity index (χ0) is 21.0. The number of pyridine rings is 1. The van der Waals surface area contributed by atoms with Crippen molar-refractivity contribution in [2.45, 2.75) is 33.0 Å². The molecule has 0 bridgehead atoms. The van der Waals surface area contributed by atoms with E-state index in [0.29, 0.717) is 27.9 Å². The first-order chi connectivity index (χ1) is 13.7. The summed E-state index contributed by atoms with van der Waals surface area (Å²) in [7, 11) is 0. The fraction of sp³-hybridized carbons (Fsp3) is 0.238. The van der Waals surface area contributed by atoms with Crippen molar-refractivity contribution in [1.82, 2.24) is 4.98 Å². The Balaban J connectivity index is 1.75. The molecule has 1 heterocycles. The van der Waals surface area contributed by atoms with Crippen molar-refractivity contribution >= 4 is 28.4 Å². The molecule has 2 aromatic carbocycles. The number of rotatable bonds is 5. The van der Waals surface area contributed by atoms with Gasteiger partial charge in [-0.15, -0.1) is 0 Å². The highest BCUT2D eigenvalue weighted by Gasteiger charge is 2.17. The molecule has 1 amide bonds. The quantitative estimate of drug-likeness (QED) is 0.489. The van der Waals surface area contributed by atoms with Crippen LogP contribution in [0.25, 0.3) is 10.9 Å². The van der Waals surface area contributed by atoms with Gasteiger partial charge in [-0.3, -0.25) is 20.4 Å². The molecule has 0 saturated carbocycles. The minimum Gasteiger partial charge on any atom is -0.487 e. The van der Waals surface area contributed by atoms with Crippen LogP contribution in [0.4, 0.5) is 16.2 Å². The van der Waals surface area contributed by atoms with Crippen LogP contribution in [0.1, 0.15) is 26.3 Å². The summed E-state index contributed by atoms with van der Waals surface area (Å²) in [5.74, 6) is 0.421. The number of hydrogen-bond donors (Lipinski definition) is 1. The number of hydrogen-bond acceptors (Lipinski definition) is 6. The number of carbonyl (C=O) groups is 1. The lowest BCUT2D eigenvalue weighted by atomic mass is 10.1. The van der Waals surface area contributed by atoms with Crippen LogP contribution in [0.3, 0.4) is 0 Å². The minimum absolute atomic E-state index is 0.0319. The second-order valence-electron chi connectivity index (χ2n) is 7.24. The molecule has 0 spiro atoms. The summed E-state index contributed by atoms with van der Waals surface area (Å²) in [6.45, 7) is 5.49. The Bertz CT molecular complexity index is 1060. The van der Waals surface area contributed by atoms with Crippen molar-refractivity contribution in [1.29, 1.82) is 0 Å². The van der Waals surface area contributed by atoms with E-state index >= 15 is 0 Å². The molecule has 1 N–H and O–H groups in total. The number of nitro groups is 1. The van der Waals surface area contributed by atoms with E-state index in [1.54, 1.807) is 57.3 Å². The molecule has 3 rings (SSSR count). The summed E-state index contributed by atoms with van der Waals surface area (Å²) < 4.78 is 11.0. The molecule has 0 aliphatic rings. The van der Waals surface area contributed by atoms with Crippen LogP contribution >= 0.6 is 0 Å². The number of amides is 1. The van der Waals surface area contributed by atoms with Gasteiger partial charge in [0.15, 0.2) is 0 Å². The van der Waals surface area contributed by atoms with Crippen LogP contribution in [-0.2, 0) is 11.3 Å². The number of nitrogens with one attached hydrogen (secondary N) is 1. The number of nitrogens with zero attached hydrogens (tertiary/aromatic N) is 2. The normalized spacial score (nSPS) is 11.1. The van der Waals surface area contributed by atoms with Crippen molar-refractivity contribution in [3.05, 3.63) is 70.4 Å². The monoisotopic (exact) mass is 394 g/mol. The van der Waals surface area contributed by atoms with Crippen molar-refractivity contribution in [3.63, 3.8) is 0 Å². The third-order valence-electron chi connectivity index (χ3n) is 3.78. The van der Waals surface area contributed by atoms with Gasteiger partial charge in [0.2, 0.25) is 0 Å². The molecule has 1 aromatic heterocycles. The van der Waals surface area contributed by atoms with E-state index in [1.807, 2.05) is 0 Å². The average Bonchev–Trinajstić information content (AvgIpc) is 2.64. The highest BCUT2D eigenvalue weighted by molar-refractivity contribution is 5.92. The van der Waals surface area contributed by atoms with E-state index in [9.17, 15) is 14.9 Å². The summed E-state index contributed by atoms with van der Waals surface area (Å²) in [6.07, 6.45) is 0.980. The van der Waals surface area contributed by atoms with Gasteiger partial charge in [0.1, 0.15) is 23.5 Å². The van der Waals surface area contributed by atoms with E-state index in [2.05, 4.69) is 16.4 Å². The second-order valence-corrected chi connectivity index (χ2v) is 7.24. The largest absolute Gasteiger partial charge is 0.487 e. The van der Waals surface area contributed by atoms with Crippen LogP contribution in [0.5, 0.6) is 5.75 Å². The molecule has 0 aliphatic carbocycles. The van der Waals surface area contributed by atoms with Gasteiger partial charge in [-0.2, -0.15) is 0 Å². The Labute approximate surface area is 167 Å². The second kappa shape index (κ2) is 8.14. The topological polar surface area (TPSA) is 104 Å². The highest BCUT2D eigenvalue weighted by Crippen LogP contribution is 2.31. The Hall–Kier alpha value is -3.68. The Morgan fingerprint density at radius 3 is 2.72 bits per heavy atom. The first kappa shape index (κ1) is 20.1. The highest BCUT2D eigenvalue weighted by atomic mass is 16.6. The number of anilines is 1. The first-order valence-corrected chi connectivity index (χ1v) is 8.89. The van der Waals surface area contributed by atoms with Gasteiger partial charge >= 0.3 is 6.09 Å². The summed E-state index contributed by atoms with van der Waals surface area (Å²) in [4.78, 5) is 26.9. The molecule has 8 heteroatoms. The van der Waals surface area contributed by atoms with E-state index in [0.717, 1.165) is 0 Å². The van der Waals surface area contributed by atoms with Crippen molar-refractivity contribution in [2.75, 3.05) is 5.32 Å². The van der Waals surface area contributed by atoms with E-state index in [1.165, 1.54) is 12.1 Å². The van der Waals surface area contributed by atoms with Crippen molar-refractivity contribution in [3.8, 4) is 5.75 Å². The maximum absolute atomic E-state index is 11.9. The van der Waals surface area contributed by atoms with Gasteiger partial charge in [0.05, 0.1) is 16.0 Å². The fourth-order valence-electron chi connectivity index (χ4n) is 2.65. The van der Waals surface area contributed by atoms with Crippen LogP contribution < -0.4 is 10.1 Å². The standard InChI is InChI=1S/C21H20N3O5/c1-21(2,3)29-20(25)23-15-7-4-6-14(12-15)13-28-18-10-9-17(24(26)27)16-8-5-11-22-19(16)18/h4-11H,13H2,1-3H3,(H,23,25). The van der Waals surface area contributed by atoms with Gasteiger partial charge < -0.3 is 9.47 Å². The number of fused-ring (bicyclic) bond motifs is 1. The molecular weight excluding hydrogens is 374 g/mol. The number of carbonyl (C=O) groups excluding carboxylic acids is 1. The molecule has 8 nitrogen and oxygen atoms in total. The lowest BCUT2D eigenvalue weighted by Crippen LogP contribution is -2.27. The summed E-state index contributed by atoms with van der Waals surface area (Å²) in [5, 5.41) is 14.2. The molecule has 29 heavy (non-hydrogen) atoms. The summed E-state index contributed by atoms with van der Waals surface area (Å²) in [6, 6.07) is 14.5. The number of non-ortho nitro benzene ring substituents is 1. The average molecular weight is 394 g/mol. The van der Waals surface area contributed by atoms with Crippen LogP contribution in [0, 0.1) is 16.2 Å². The molecule has 0 fully saturated rings. The Kier molecular flexibility index (Phi) is 5.63. The van der Waals surface area contributed by atoms with E-state index < -0.39 is 16.6 Å². The first-order valence-electron chi connectivity index (χ1n) is 8.89. The van der Waals surface area contributed by atoms with E-state index in [4.69, 9.17) is 9.47 Å².